The van der Waals surface area contributed by atoms with E-state index >= 15 is 0 Å². The molecule has 0 aliphatic heterocycles. The van der Waals surface area contributed by atoms with Crippen molar-refractivity contribution >= 4 is 11.5 Å². The summed E-state index contributed by atoms with van der Waals surface area (Å²) in [5.74, 6) is 1.87. The highest BCUT2D eigenvalue weighted by Crippen LogP contribution is 2.45. The number of fused-ring (bicyclic) bond motifs is 2. The Morgan fingerprint density at radius 1 is 1.44 bits per heavy atom. The third kappa shape index (κ3) is 1.55. The molecule has 86 valence electrons. The van der Waals surface area contributed by atoms with Crippen LogP contribution < -0.4 is 5.32 Å². The van der Waals surface area contributed by atoms with Crippen LogP contribution in [0.2, 0.25) is 0 Å². The van der Waals surface area contributed by atoms with Gasteiger partial charge in [0.15, 0.2) is 5.78 Å². The monoisotopic (exact) mass is 218 g/mol. The van der Waals surface area contributed by atoms with Crippen molar-refractivity contribution in [3.63, 3.8) is 0 Å². The Kier molecular flexibility index (Phi) is 2.27. The molecule has 1 aromatic rings. The number of nitrogens with one attached hydrogen (secondary N) is 2. The second kappa shape index (κ2) is 3.65. The molecule has 1 heterocycles. The summed E-state index contributed by atoms with van der Waals surface area (Å²) in [6, 6.07) is 2.57. The predicted molar refractivity (Wildman–Crippen MR) is 63.7 cm³/mol. The average molecular weight is 218 g/mol. The molecule has 2 saturated carbocycles. The fourth-order valence-electron chi connectivity index (χ4n) is 3.40. The molecule has 16 heavy (non-hydrogen) atoms. The van der Waals surface area contributed by atoms with E-state index in [1.54, 1.807) is 6.92 Å². The molecule has 3 atom stereocenters. The summed E-state index contributed by atoms with van der Waals surface area (Å²) >= 11 is 0. The van der Waals surface area contributed by atoms with Crippen molar-refractivity contribution in [3.05, 3.63) is 18.0 Å². The minimum atomic E-state index is 0.107. The van der Waals surface area contributed by atoms with Gasteiger partial charge in [-0.3, -0.25) is 4.79 Å². The van der Waals surface area contributed by atoms with Gasteiger partial charge in [-0.25, -0.2) is 0 Å². The maximum absolute atomic E-state index is 11.4. The summed E-state index contributed by atoms with van der Waals surface area (Å²) in [7, 11) is 0. The van der Waals surface area contributed by atoms with Crippen molar-refractivity contribution in [1.82, 2.24) is 4.98 Å². The molecule has 2 fully saturated rings. The highest BCUT2D eigenvalue weighted by atomic mass is 16.1. The Balaban J connectivity index is 1.74. The minimum absolute atomic E-state index is 0.107. The topological polar surface area (TPSA) is 44.9 Å². The number of aromatic nitrogens is 1. The van der Waals surface area contributed by atoms with Crippen LogP contribution in [0.25, 0.3) is 0 Å². The normalized spacial score (nSPS) is 31.9. The quantitative estimate of drug-likeness (QED) is 0.766. The maximum Gasteiger partial charge on any atom is 0.178 e. The van der Waals surface area contributed by atoms with Gasteiger partial charge < -0.3 is 10.3 Å². The first-order chi connectivity index (χ1) is 7.74. The number of Topliss-reactive ketones (excluding diaryl/α,β-unsaturated/α-hetero) is 1. The van der Waals surface area contributed by atoms with E-state index in [9.17, 15) is 4.79 Å². The first kappa shape index (κ1) is 9.94. The van der Waals surface area contributed by atoms with E-state index in [-0.39, 0.29) is 5.78 Å². The lowest BCUT2D eigenvalue weighted by molar-refractivity contribution is 0.101. The van der Waals surface area contributed by atoms with Gasteiger partial charge in [0.05, 0.1) is 5.69 Å². The van der Waals surface area contributed by atoms with Crippen molar-refractivity contribution in [3.8, 4) is 0 Å². The van der Waals surface area contributed by atoms with Crippen molar-refractivity contribution in [2.24, 2.45) is 11.8 Å². The summed E-state index contributed by atoms with van der Waals surface area (Å²) in [5.41, 5.74) is 1.72. The summed E-state index contributed by atoms with van der Waals surface area (Å²) in [6.07, 6.45) is 7.29. The van der Waals surface area contributed by atoms with Gasteiger partial charge in [-0.1, -0.05) is 6.42 Å². The van der Waals surface area contributed by atoms with Crippen LogP contribution in [-0.4, -0.2) is 16.8 Å². The Bertz CT molecular complexity index is 410. The third-order valence-corrected chi connectivity index (χ3v) is 4.18. The molecule has 1 aromatic heterocycles. The lowest BCUT2D eigenvalue weighted by Crippen LogP contribution is -2.26. The number of aromatic amines is 1. The summed E-state index contributed by atoms with van der Waals surface area (Å²) < 4.78 is 0. The summed E-state index contributed by atoms with van der Waals surface area (Å²) in [5, 5.41) is 3.55. The van der Waals surface area contributed by atoms with E-state index in [1.165, 1.54) is 25.7 Å². The van der Waals surface area contributed by atoms with E-state index in [0.717, 1.165) is 23.2 Å². The summed E-state index contributed by atoms with van der Waals surface area (Å²) in [4.78, 5) is 14.4. The number of hydrogen-bond acceptors (Lipinski definition) is 2. The zero-order valence-corrected chi connectivity index (χ0v) is 9.62. The first-order valence-corrected chi connectivity index (χ1v) is 6.19. The van der Waals surface area contributed by atoms with Crippen LogP contribution in [-0.2, 0) is 0 Å². The Labute approximate surface area is 95.6 Å². The van der Waals surface area contributed by atoms with Gasteiger partial charge >= 0.3 is 0 Å². The van der Waals surface area contributed by atoms with Crippen molar-refractivity contribution in [2.45, 2.75) is 38.6 Å². The fraction of sp³-hybridized carbons (Fsp3) is 0.615. The molecule has 2 aliphatic carbocycles. The smallest absolute Gasteiger partial charge is 0.178 e. The number of ketones is 1. The zero-order chi connectivity index (χ0) is 11.1. The van der Waals surface area contributed by atoms with Crippen molar-refractivity contribution < 1.29 is 4.79 Å². The second-order valence-electron chi connectivity index (χ2n) is 5.25. The van der Waals surface area contributed by atoms with E-state index in [1.807, 2.05) is 12.3 Å². The lowest BCUT2D eigenvalue weighted by Gasteiger charge is -2.23. The van der Waals surface area contributed by atoms with Gasteiger partial charge in [-0.05, 0) is 37.2 Å². The molecule has 2 aliphatic rings. The SMILES string of the molecule is CC(=O)c1[nH]ccc1NC1CC2CCC1C2. The average Bonchev–Trinajstić information content (AvgIpc) is 2.91. The van der Waals surface area contributed by atoms with Gasteiger partial charge in [-0.2, -0.15) is 0 Å². The van der Waals surface area contributed by atoms with Gasteiger partial charge in [0.1, 0.15) is 5.69 Å². The first-order valence-electron chi connectivity index (χ1n) is 6.19. The van der Waals surface area contributed by atoms with Crippen LogP contribution >= 0.6 is 0 Å². The van der Waals surface area contributed by atoms with Crippen LogP contribution in [0.3, 0.4) is 0 Å². The standard InChI is InChI=1S/C13H18N2O/c1-8(16)13-11(4-5-14-13)15-12-7-9-2-3-10(12)6-9/h4-5,9-10,12,14-15H,2-3,6-7H2,1H3. The minimum Gasteiger partial charge on any atom is -0.380 e. The van der Waals surface area contributed by atoms with E-state index in [2.05, 4.69) is 10.3 Å². The molecule has 3 nitrogen and oxygen atoms in total. The lowest BCUT2D eigenvalue weighted by atomic mass is 9.95. The predicted octanol–water partition coefficient (Wildman–Crippen LogP) is 2.82. The molecule has 0 spiro atoms. The van der Waals surface area contributed by atoms with Crippen molar-refractivity contribution in [2.75, 3.05) is 5.32 Å². The second-order valence-corrected chi connectivity index (χ2v) is 5.25. The summed E-state index contributed by atoms with van der Waals surface area (Å²) in [6.45, 7) is 1.61. The largest absolute Gasteiger partial charge is 0.380 e. The molecule has 2 bridgehead atoms. The van der Waals surface area contributed by atoms with E-state index in [4.69, 9.17) is 0 Å². The van der Waals surface area contributed by atoms with Gasteiger partial charge in [0, 0.05) is 19.2 Å². The molecule has 3 heteroatoms. The van der Waals surface area contributed by atoms with Crippen molar-refractivity contribution in [1.29, 1.82) is 0 Å². The van der Waals surface area contributed by atoms with E-state index in [0.29, 0.717) is 6.04 Å². The Morgan fingerprint density at radius 3 is 2.94 bits per heavy atom. The molecule has 3 rings (SSSR count). The van der Waals surface area contributed by atoms with E-state index < -0.39 is 0 Å². The zero-order valence-electron chi connectivity index (χ0n) is 9.62. The Hall–Kier alpha value is -1.25. The number of rotatable bonds is 3. The molecule has 0 radical (unpaired) electrons. The van der Waals surface area contributed by atoms with Gasteiger partial charge in [0.2, 0.25) is 0 Å². The number of carbonyl (C=O) groups excluding carboxylic acids is 1. The maximum atomic E-state index is 11.4. The van der Waals surface area contributed by atoms with Crippen LogP contribution in [0.4, 0.5) is 5.69 Å². The molecular formula is C13H18N2O. The third-order valence-electron chi connectivity index (χ3n) is 4.18. The van der Waals surface area contributed by atoms with Gasteiger partial charge in [-0.15, -0.1) is 0 Å². The fourth-order valence-corrected chi connectivity index (χ4v) is 3.40. The molecule has 2 N–H and O–H groups in total. The number of anilines is 1. The van der Waals surface area contributed by atoms with Gasteiger partial charge in [0.25, 0.3) is 0 Å². The highest BCUT2D eigenvalue weighted by molar-refractivity contribution is 5.97. The number of carbonyl (C=O) groups is 1. The molecule has 0 amide bonds. The number of H-pyrrole nitrogens is 1. The van der Waals surface area contributed by atoms with Crippen LogP contribution in [0, 0.1) is 11.8 Å². The molecule has 3 unspecified atom stereocenters. The van der Waals surface area contributed by atoms with Crippen LogP contribution in [0.5, 0.6) is 0 Å². The van der Waals surface area contributed by atoms with Crippen LogP contribution in [0.15, 0.2) is 12.3 Å². The Morgan fingerprint density at radius 2 is 2.31 bits per heavy atom. The van der Waals surface area contributed by atoms with Crippen LogP contribution in [0.1, 0.15) is 43.1 Å². The highest BCUT2D eigenvalue weighted by Gasteiger charge is 2.39. The molecule has 0 aromatic carbocycles. The molecule has 0 saturated heterocycles. The number of hydrogen-bond donors (Lipinski definition) is 2. The molecular weight excluding hydrogens is 200 g/mol.